The lowest BCUT2D eigenvalue weighted by Gasteiger charge is -2.36. The molecule has 0 saturated carbocycles. The summed E-state index contributed by atoms with van der Waals surface area (Å²) in [5, 5.41) is 2.77. The first-order chi connectivity index (χ1) is 13.6. The zero-order valence-electron chi connectivity index (χ0n) is 16.0. The minimum atomic E-state index is -0.503. The number of hydrogen-bond donors (Lipinski definition) is 1. The topological polar surface area (TPSA) is 61.9 Å². The molecule has 3 aliphatic rings. The number of nitrogens with zero attached hydrogens (tertiary/aromatic N) is 2. The average molecular weight is 408 g/mol. The molecule has 3 aliphatic heterocycles. The first kappa shape index (κ1) is 19.4. The van der Waals surface area contributed by atoms with Crippen molar-refractivity contribution in [1.82, 2.24) is 5.32 Å². The number of anilines is 2. The molecule has 0 spiro atoms. The number of cyclic esters (lactones) is 1. The first-order valence-electron chi connectivity index (χ1n) is 9.97. The number of fused-ring (bicyclic) bond motifs is 2. The molecule has 152 valence electrons. The number of carbonyl (C=O) groups excluding carboxylic acids is 2. The third-order valence-electron chi connectivity index (χ3n) is 5.64. The van der Waals surface area contributed by atoms with E-state index in [0.717, 1.165) is 30.8 Å². The minimum Gasteiger partial charge on any atom is -0.442 e. The van der Waals surface area contributed by atoms with Crippen LogP contribution in [0.25, 0.3) is 0 Å². The predicted octanol–water partition coefficient (Wildman–Crippen LogP) is 3.15. The molecule has 6 nitrogen and oxygen atoms in total. The molecule has 4 rings (SSSR count). The molecule has 1 aromatic rings. The molecule has 3 fully saturated rings. The molecule has 1 aromatic carbocycles. The van der Waals surface area contributed by atoms with Crippen molar-refractivity contribution in [2.45, 2.75) is 50.8 Å². The van der Waals surface area contributed by atoms with Gasteiger partial charge in [-0.05, 0) is 37.5 Å². The maximum absolute atomic E-state index is 14.9. The molecule has 0 aliphatic carbocycles. The normalized spacial score (nSPS) is 26.5. The monoisotopic (exact) mass is 407 g/mol. The van der Waals surface area contributed by atoms with Gasteiger partial charge in [-0.15, -0.1) is 0 Å². The Morgan fingerprint density at radius 1 is 1.32 bits per heavy atom. The zero-order chi connectivity index (χ0) is 19.7. The number of carbonyl (C=O) groups is 2. The summed E-state index contributed by atoms with van der Waals surface area (Å²) in [6.07, 6.45) is 2.52. The fourth-order valence-electron chi connectivity index (χ4n) is 4.28. The maximum Gasteiger partial charge on any atom is 0.414 e. The Morgan fingerprint density at radius 3 is 2.75 bits per heavy atom. The summed E-state index contributed by atoms with van der Waals surface area (Å²) in [6.45, 7) is 2.51. The Hall–Kier alpha value is -1.96. The number of halogens is 1. The summed E-state index contributed by atoms with van der Waals surface area (Å²) in [6, 6.07) is 5.80. The van der Waals surface area contributed by atoms with Gasteiger partial charge in [-0.25, -0.2) is 9.18 Å². The van der Waals surface area contributed by atoms with Crippen LogP contribution in [0.2, 0.25) is 0 Å². The Bertz CT molecular complexity index is 746. The van der Waals surface area contributed by atoms with Gasteiger partial charge in [0.1, 0.15) is 11.9 Å². The minimum absolute atomic E-state index is 0.0540. The standard InChI is InChI=1S/C20H26FN3O3S/c1-2-3-19(25)22-9-16-10-23(20(26)27-16)13-6-7-18(17(21)8-13)24-14-4-5-15(24)12-28-11-14/h6-8,14-16H,2-5,9-12H2,1H3,(H,22,25)/t14?,15?,16-/m0/s1. The number of rotatable bonds is 6. The van der Waals surface area contributed by atoms with E-state index in [-0.39, 0.29) is 18.3 Å². The van der Waals surface area contributed by atoms with E-state index in [0.29, 0.717) is 36.4 Å². The van der Waals surface area contributed by atoms with Crippen LogP contribution in [0.5, 0.6) is 0 Å². The number of hydrogen-bond acceptors (Lipinski definition) is 5. The molecule has 0 radical (unpaired) electrons. The fourth-order valence-corrected chi connectivity index (χ4v) is 5.61. The van der Waals surface area contributed by atoms with Crippen LogP contribution in [0.3, 0.4) is 0 Å². The largest absolute Gasteiger partial charge is 0.442 e. The van der Waals surface area contributed by atoms with Crippen molar-refractivity contribution >= 4 is 35.1 Å². The van der Waals surface area contributed by atoms with E-state index in [9.17, 15) is 14.0 Å². The maximum atomic E-state index is 14.9. The fraction of sp³-hybridized carbons (Fsp3) is 0.600. The molecule has 2 bridgehead atoms. The van der Waals surface area contributed by atoms with Crippen molar-refractivity contribution in [1.29, 1.82) is 0 Å². The summed E-state index contributed by atoms with van der Waals surface area (Å²) in [5.41, 5.74) is 1.12. The molecular formula is C20H26FN3O3S. The summed E-state index contributed by atoms with van der Waals surface area (Å²) in [7, 11) is 0. The zero-order valence-corrected chi connectivity index (χ0v) is 16.8. The lowest BCUT2D eigenvalue weighted by atomic mass is 10.2. The molecule has 3 atom stereocenters. The molecule has 2 unspecified atom stereocenters. The van der Waals surface area contributed by atoms with Crippen LogP contribution in [0, 0.1) is 5.82 Å². The van der Waals surface area contributed by atoms with Gasteiger partial charge >= 0.3 is 6.09 Å². The third kappa shape index (κ3) is 3.79. The third-order valence-corrected chi connectivity index (χ3v) is 6.88. The molecular weight excluding hydrogens is 381 g/mol. The highest BCUT2D eigenvalue weighted by Gasteiger charge is 2.39. The van der Waals surface area contributed by atoms with Gasteiger partial charge in [0.05, 0.1) is 24.5 Å². The van der Waals surface area contributed by atoms with E-state index in [1.807, 2.05) is 18.7 Å². The molecule has 28 heavy (non-hydrogen) atoms. The van der Waals surface area contributed by atoms with Gasteiger partial charge in [0, 0.05) is 30.0 Å². The molecule has 3 heterocycles. The van der Waals surface area contributed by atoms with Gasteiger partial charge in [-0.1, -0.05) is 6.92 Å². The highest BCUT2D eigenvalue weighted by molar-refractivity contribution is 7.99. The van der Waals surface area contributed by atoms with Crippen molar-refractivity contribution in [2.75, 3.05) is 34.4 Å². The Morgan fingerprint density at radius 2 is 2.07 bits per heavy atom. The van der Waals surface area contributed by atoms with Gasteiger partial charge in [-0.2, -0.15) is 11.8 Å². The van der Waals surface area contributed by atoms with E-state index < -0.39 is 12.2 Å². The van der Waals surface area contributed by atoms with Crippen molar-refractivity contribution in [3.8, 4) is 0 Å². The van der Waals surface area contributed by atoms with Gasteiger partial charge in [-0.3, -0.25) is 9.69 Å². The molecule has 1 N–H and O–H groups in total. The lowest BCUT2D eigenvalue weighted by molar-refractivity contribution is -0.121. The highest BCUT2D eigenvalue weighted by atomic mass is 32.2. The number of amides is 2. The van der Waals surface area contributed by atoms with Gasteiger partial charge < -0.3 is 15.0 Å². The summed E-state index contributed by atoms with van der Waals surface area (Å²) < 4.78 is 20.3. The second-order valence-electron chi connectivity index (χ2n) is 7.64. The van der Waals surface area contributed by atoms with Crippen LogP contribution in [0.15, 0.2) is 18.2 Å². The molecule has 0 aromatic heterocycles. The highest BCUT2D eigenvalue weighted by Crippen LogP contribution is 2.40. The van der Waals surface area contributed by atoms with Crippen molar-refractivity contribution < 1.29 is 18.7 Å². The van der Waals surface area contributed by atoms with Crippen molar-refractivity contribution in [3.05, 3.63) is 24.0 Å². The average Bonchev–Trinajstić information content (AvgIpc) is 3.16. The van der Waals surface area contributed by atoms with E-state index in [1.165, 1.54) is 11.0 Å². The van der Waals surface area contributed by atoms with Gasteiger partial charge in [0.15, 0.2) is 0 Å². The summed E-state index contributed by atoms with van der Waals surface area (Å²) >= 11 is 1.95. The van der Waals surface area contributed by atoms with Crippen molar-refractivity contribution in [3.63, 3.8) is 0 Å². The van der Waals surface area contributed by atoms with E-state index in [2.05, 4.69) is 10.2 Å². The molecule has 2 amide bonds. The Kier molecular flexibility index (Phi) is 5.66. The second-order valence-corrected chi connectivity index (χ2v) is 8.71. The van der Waals surface area contributed by atoms with Crippen LogP contribution in [-0.2, 0) is 9.53 Å². The number of thioether (sulfide) groups is 1. The summed E-state index contributed by atoms with van der Waals surface area (Å²) in [4.78, 5) is 27.5. The van der Waals surface area contributed by atoms with Crippen LogP contribution < -0.4 is 15.1 Å². The van der Waals surface area contributed by atoms with E-state index in [1.54, 1.807) is 12.1 Å². The Labute approximate surface area is 168 Å². The molecule has 3 saturated heterocycles. The van der Waals surface area contributed by atoms with E-state index >= 15 is 0 Å². The van der Waals surface area contributed by atoms with Gasteiger partial charge in [0.2, 0.25) is 5.91 Å². The summed E-state index contributed by atoms with van der Waals surface area (Å²) in [5.74, 6) is 1.74. The van der Waals surface area contributed by atoms with Crippen molar-refractivity contribution in [2.24, 2.45) is 0 Å². The second kappa shape index (κ2) is 8.19. The smallest absolute Gasteiger partial charge is 0.414 e. The molecule has 8 heteroatoms. The Balaban J connectivity index is 1.43. The number of ether oxygens (including phenoxy) is 1. The first-order valence-corrected chi connectivity index (χ1v) is 11.1. The van der Waals surface area contributed by atoms with E-state index in [4.69, 9.17) is 4.74 Å². The van der Waals surface area contributed by atoms with Gasteiger partial charge in [0.25, 0.3) is 0 Å². The number of nitrogens with one attached hydrogen (secondary N) is 1. The van der Waals surface area contributed by atoms with Crippen LogP contribution in [-0.4, -0.2) is 54.8 Å². The lowest BCUT2D eigenvalue weighted by Crippen LogP contribution is -2.43. The number of benzene rings is 1. The quantitative estimate of drug-likeness (QED) is 0.785. The predicted molar refractivity (Wildman–Crippen MR) is 109 cm³/mol. The van der Waals surface area contributed by atoms with Crippen LogP contribution in [0.4, 0.5) is 20.6 Å². The van der Waals surface area contributed by atoms with Crippen LogP contribution >= 0.6 is 11.8 Å². The van der Waals surface area contributed by atoms with Crippen LogP contribution in [0.1, 0.15) is 32.6 Å². The SMILES string of the molecule is CCCC(=O)NC[C@H]1CN(c2ccc(N3C4CCC3CSC4)c(F)c2)C(=O)O1.